The number of benzene rings is 3. The molecule has 0 spiro atoms. The van der Waals surface area contributed by atoms with Gasteiger partial charge in [0.2, 0.25) is 0 Å². The number of amides is 1. The van der Waals surface area contributed by atoms with Gasteiger partial charge in [-0.15, -0.1) is 0 Å². The van der Waals surface area contributed by atoms with Crippen LogP contribution in [0, 0.1) is 10.1 Å². The van der Waals surface area contributed by atoms with Gasteiger partial charge in [-0.25, -0.2) is 4.79 Å². The highest BCUT2D eigenvalue weighted by Crippen LogP contribution is 2.34. The van der Waals surface area contributed by atoms with Gasteiger partial charge in [0.15, 0.2) is 18.1 Å². The molecule has 3 aromatic carbocycles. The third-order valence-electron chi connectivity index (χ3n) is 4.32. The fourth-order valence-corrected chi connectivity index (χ4v) is 2.91. The van der Waals surface area contributed by atoms with Gasteiger partial charge in [0.1, 0.15) is 5.56 Å². The van der Waals surface area contributed by atoms with E-state index in [4.69, 9.17) is 14.2 Å². The molecule has 0 unspecified atom stereocenters. The molecule has 0 heterocycles. The second kappa shape index (κ2) is 8.91. The van der Waals surface area contributed by atoms with Gasteiger partial charge in [0.25, 0.3) is 11.6 Å². The Hall–Kier alpha value is -4.14. The minimum absolute atomic E-state index is 0.0921. The zero-order valence-corrected chi connectivity index (χ0v) is 16.2. The number of rotatable bonds is 7. The maximum Gasteiger partial charge on any atom is 0.345 e. The number of nitro groups is 1. The van der Waals surface area contributed by atoms with Crippen molar-refractivity contribution in [3.05, 3.63) is 70.3 Å². The third kappa shape index (κ3) is 4.30. The largest absolute Gasteiger partial charge is 0.493 e. The SMILES string of the molecule is COc1cc(C(=O)OCC(=O)Nc2cccc3ccccc23)c([N+](=O)[O-])cc1OC. The molecule has 3 rings (SSSR count). The Kier molecular flexibility index (Phi) is 6.11. The molecule has 30 heavy (non-hydrogen) atoms. The number of hydrogen-bond donors (Lipinski definition) is 1. The topological polar surface area (TPSA) is 117 Å². The summed E-state index contributed by atoms with van der Waals surface area (Å²) in [4.78, 5) is 35.2. The lowest BCUT2D eigenvalue weighted by Gasteiger charge is -2.11. The number of esters is 1. The van der Waals surface area contributed by atoms with Crippen LogP contribution < -0.4 is 14.8 Å². The van der Waals surface area contributed by atoms with Crippen molar-refractivity contribution in [2.75, 3.05) is 26.1 Å². The molecule has 0 fully saturated rings. The standard InChI is InChI=1S/C21H18N2O7/c1-28-18-10-15(17(23(26)27)11-19(18)29-2)21(25)30-12-20(24)22-16-9-5-7-13-6-3-4-8-14(13)16/h3-11H,12H2,1-2H3,(H,22,24). The van der Waals surface area contributed by atoms with Gasteiger partial charge in [-0.1, -0.05) is 36.4 Å². The zero-order chi connectivity index (χ0) is 21.7. The molecule has 3 aromatic rings. The average molecular weight is 410 g/mol. The first-order chi connectivity index (χ1) is 14.4. The van der Waals surface area contributed by atoms with Gasteiger partial charge in [0, 0.05) is 17.1 Å². The first kappa shape index (κ1) is 20.6. The van der Waals surface area contributed by atoms with Crippen molar-refractivity contribution in [1.82, 2.24) is 0 Å². The summed E-state index contributed by atoms with van der Waals surface area (Å²) in [6.07, 6.45) is 0. The molecule has 9 nitrogen and oxygen atoms in total. The maximum atomic E-state index is 12.4. The van der Waals surface area contributed by atoms with Gasteiger partial charge in [-0.05, 0) is 11.5 Å². The summed E-state index contributed by atoms with van der Waals surface area (Å²) in [7, 11) is 2.65. The maximum absolute atomic E-state index is 12.4. The average Bonchev–Trinajstić information content (AvgIpc) is 2.76. The molecule has 1 N–H and O–H groups in total. The molecule has 0 saturated heterocycles. The number of methoxy groups -OCH3 is 2. The van der Waals surface area contributed by atoms with E-state index in [-0.39, 0.29) is 17.1 Å². The van der Waals surface area contributed by atoms with E-state index in [9.17, 15) is 19.7 Å². The molecule has 1 amide bonds. The number of nitro benzene ring substituents is 1. The summed E-state index contributed by atoms with van der Waals surface area (Å²) in [5.74, 6) is -1.40. The fraction of sp³-hybridized carbons (Fsp3) is 0.143. The quantitative estimate of drug-likeness (QED) is 0.359. The van der Waals surface area contributed by atoms with Crippen molar-refractivity contribution in [3.63, 3.8) is 0 Å². The molecule has 0 saturated carbocycles. The summed E-state index contributed by atoms with van der Waals surface area (Å²) < 4.78 is 15.1. The molecular weight excluding hydrogens is 392 g/mol. The first-order valence-corrected chi connectivity index (χ1v) is 8.79. The van der Waals surface area contributed by atoms with Crippen LogP contribution in [0.5, 0.6) is 11.5 Å². The molecular formula is C21H18N2O7. The lowest BCUT2D eigenvalue weighted by molar-refractivity contribution is -0.385. The highest BCUT2D eigenvalue weighted by molar-refractivity contribution is 6.03. The number of carbonyl (C=O) groups is 2. The Morgan fingerprint density at radius 2 is 1.67 bits per heavy atom. The fourth-order valence-electron chi connectivity index (χ4n) is 2.91. The van der Waals surface area contributed by atoms with Crippen LogP contribution in [0.3, 0.4) is 0 Å². The summed E-state index contributed by atoms with van der Waals surface area (Å²) in [6.45, 7) is -0.618. The Bertz CT molecular complexity index is 1120. The Morgan fingerprint density at radius 3 is 2.37 bits per heavy atom. The van der Waals surface area contributed by atoms with E-state index < -0.39 is 29.1 Å². The minimum atomic E-state index is -1.03. The molecule has 0 aliphatic heterocycles. The number of nitrogens with one attached hydrogen (secondary N) is 1. The van der Waals surface area contributed by atoms with Gasteiger partial charge >= 0.3 is 5.97 Å². The van der Waals surface area contributed by atoms with Crippen LogP contribution in [0.2, 0.25) is 0 Å². The van der Waals surface area contributed by atoms with Crippen molar-refractivity contribution < 1.29 is 28.7 Å². The van der Waals surface area contributed by atoms with Crippen LogP contribution in [0.25, 0.3) is 10.8 Å². The number of hydrogen-bond acceptors (Lipinski definition) is 7. The number of anilines is 1. The van der Waals surface area contributed by atoms with Crippen LogP contribution in [0.15, 0.2) is 54.6 Å². The number of carbonyl (C=O) groups excluding carboxylic acids is 2. The van der Waals surface area contributed by atoms with Crippen molar-refractivity contribution in [2.24, 2.45) is 0 Å². The van der Waals surface area contributed by atoms with E-state index in [0.29, 0.717) is 5.69 Å². The molecule has 0 aromatic heterocycles. The third-order valence-corrected chi connectivity index (χ3v) is 4.32. The monoisotopic (exact) mass is 410 g/mol. The predicted molar refractivity (Wildman–Crippen MR) is 109 cm³/mol. The number of fused-ring (bicyclic) bond motifs is 1. The predicted octanol–water partition coefficient (Wildman–Crippen LogP) is 3.56. The number of nitrogens with zero attached hydrogens (tertiary/aromatic N) is 1. The summed E-state index contributed by atoms with van der Waals surface area (Å²) in [6, 6.07) is 15.1. The molecule has 0 radical (unpaired) electrons. The highest BCUT2D eigenvalue weighted by Gasteiger charge is 2.26. The van der Waals surface area contributed by atoms with Crippen LogP contribution in [0.4, 0.5) is 11.4 Å². The Balaban J connectivity index is 1.75. The molecule has 0 atom stereocenters. The van der Waals surface area contributed by atoms with E-state index in [2.05, 4.69) is 5.32 Å². The van der Waals surface area contributed by atoms with Crippen molar-refractivity contribution in [2.45, 2.75) is 0 Å². The second-order valence-electron chi connectivity index (χ2n) is 6.13. The van der Waals surface area contributed by atoms with E-state index in [1.54, 1.807) is 12.1 Å². The number of ether oxygens (including phenoxy) is 3. The van der Waals surface area contributed by atoms with Crippen molar-refractivity contribution in [1.29, 1.82) is 0 Å². The lowest BCUT2D eigenvalue weighted by Crippen LogP contribution is -2.21. The Morgan fingerprint density at radius 1 is 1.00 bits per heavy atom. The van der Waals surface area contributed by atoms with Crippen molar-refractivity contribution in [3.8, 4) is 11.5 Å². The zero-order valence-electron chi connectivity index (χ0n) is 16.2. The highest BCUT2D eigenvalue weighted by atomic mass is 16.6. The lowest BCUT2D eigenvalue weighted by atomic mass is 10.1. The van der Waals surface area contributed by atoms with E-state index in [0.717, 1.165) is 22.9 Å². The first-order valence-electron chi connectivity index (χ1n) is 8.79. The Labute approximate surface area is 171 Å². The van der Waals surface area contributed by atoms with E-state index in [1.165, 1.54) is 14.2 Å². The smallest absolute Gasteiger partial charge is 0.345 e. The summed E-state index contributed by atoms with van der Waals surface area (Å²) in [5, 5.41) is 15.8. The van der Waals surface area contributed by atoms with E-state index in [1.807, 2.05) is 30.3 Å². The van der Waals surface area contributed by atoms with Crippen molar-refractivity contribution >= 4 is 34.0 Å². The summed E-state index contributed by atoms with van der Waals surface area (Å²) in [5.41, 5.74) is -0.311. The molecule has 0 aliphatic rings. The van der Waals surface area contributed by atoms with Crippen LogP contribution in [-0.4, -0.2) is 37.6 Å². The van der Waals surface area contributed by atoms with Gasteiger partial charge in [0.05, 0.1) is 25.2 Å². The molecule has 0 aliphatic carbocycles. The van der Waals surface area contributed by atoms with Crippen LogP contribution in [0.1, 0.15) is 10.4 Å². The summed E-state index contributed by atoms with van der Waals surface area (Å²) >= 11 is 0. The van der Waals surface area contributed by atoms with Gasteiger partial charge < -0.3 is 19.5 Å². The normalized spacial score (nSPS) is 10.3. The molecule has 9 heteroatoms. The van der Waals surface area contributed by atoms with Gasteiger partial charge in [-0.2, -0.15) is 0 Å². The second-order valence-corrected chi connectivity index (χ2v) is 6.13. The molecule has 154 valence electrons. The van der Waals surface area contributed by atoms with E-state index >= 15 is 0 Å². The van der Waals surface area contributed by atoms with Crippen LogP contribution in [-0.2, 0) is 9.53 Å². The van der Waals surface area contributed by atoms with Gasteiger partial charge in [-0.3, -0.25) is 14.9 Å². The van der Waals surface area contributed by atoms with Crippen LogP contribution >= 0.6 is 0 Å². The molecule has 0 bridgehead atoms. The minimum Gasteiger partial charge on any atom is -0.493 e.